The number of hydrogen-bond acceptors (Lipinski definition) is 8. The minimum atomic E-state index is -1.57. The molecule has 1 heterocycles. The van der Waals surface area contributed by atoms with Crippen molar-refractivity contribution in [2.75, 3.05) is 13.2 Å². The van der Waals surface area contributed by atoms with Gasteiger partial charge in [-0.05, 0) is 57.8 Å². The molecule has 1 saturated heterocycles. The molecule has 6 N–H and O–H groups in total. The van der Waals surface area contributed by atoms with Gasteiger partial charge in [-0.25, -0.2) is 0 Å². The molecule has 0 aromatic heterocycles. The summed E-state index contributed by atoms with van der Waals surface area (Å²) in [5.41, 5.74) is 0. The van der Waals surface area contributed by atoms with Crippen molar-refractivity contribution in [1.29, 1.82) is 0 Å². The van der Waals surface area contributed by atoms with Gasteiger partial charge in [0.25, 0.3) is 0 Å². The molecule has 0 aliphatic carbocycles. The molecule has 0 bridgehead atoms. The van der Waals surface area contributed by atoms with Crippen LogP contribution in [0.3, 0.4) is 0 Å². The third-order valence-corrected chi connectivity index (χ3v) is 15.4. The number of aliphatic hydroxyl groups is 5. The molecule has 1 aliphatic rings. The molecule has 440 valence electrons. The normalized spacial score (nSPS) is 19.2. The Morgan fingerprint density at radius 1 is 0.453 bits per heavy atom. The smallest absolute Gasteiger partial charge is 0.220 e. The van der Waals surface area contributed by atoms with Crippen LogP contribution >= 0.6 is 0 Å². The van der Waals surface area contributed by atoms with Crippen LogP contribution in [0.25, 0.3) is 0 Å². The van der Waals surface area contributed by atoms with Crippen molar-refractivity contribution in [2.45, 2.75) is 352 Å². The first-order chi connectivity index (χ1) is 36.8. The zero-order valence-electron chi connectivity index (χ0n) is 49.1. The number of carbonyl (C=O) groups is 1. The van der Waals surface area contributed by atoms with Crippen LogP contribution in [0.1, 0.15) is 309 Å². The minimum Gasteiger partial charge on any atom is -0.394 e. The number of nitrogens with one attached hydrogen (secondary N) is 1. The van der Waals surface area contributed by atoms with Gasteiger partial charge in [-0.3, -0.25) is 4.79 Å². The first-order valence-electron chi connectivity index (χ1n) is 32.4. The summed E-state index contributed by atoms with van der Waals surface area (Å²) in [6, 6.07) is -0.805. The predicted octanol–water partition coefficient (Wildman–Crippen LogP) is 16.9. The number of ether oxygens (including phenoxy) is 2. The summed E-state index contributed by atoms with van der Waals surface area (Å²) >= 11 is 0. The van der Waals surface area contributed by atoms with Crippen molar-refractivity contribution in [2.24, 2.45) is 0 Å². The summed E-state index contributed by atoms with van der Waals surface area (Å²) in [6.07, 6.45) is 67.7. The maximum absolute atomic E-state index is 13.1. The minimum absolute atomic E-state index is 0.173. The molecule has 1 rings (SSSR count). The first kappa shape index (κ1) is 71.2. The fourth-order valence-electron chi connectivity index (χ4n) is 10.3. The average molecular weight is 1060 g/mol. The van der Waals surface area contributed by atoms with Crippen molar-refractivity contribution < 1.29 is 39.8 Å². The number of aliphatic hydroxyl groups excluding tert-OH is 5. The largest absolute Gasteiger partial charge is 0.394 e. The van der Waals surface area contributed by atoms with E-state index in [1.807, 2.05) is 6.08 Å². The highest BCUT2D eigenvalue weighted by molar-refractivity contribution is 5.76. The van der Waals surface area contributed by atoms with E-state index >= 15 is 0 Å². The maximum atomic E-state index is 13.1. The zero-order chi connectivity index (χ0) is 54.3. The highest BCUT2D eigenvalue weighted by Crippen LogP contribution is 2.23. The Labute approximate surface area is 463 Å². The van der Waals surface area contributed by atoms with Crippen LogP contribution < -0.4 is 5.32 Å². The second-order valence-electron chi connectivity index (χ2n) is 22.6. The Hall–Kier alpha value is -1.85. The molecule has 0 spiro atoms. The molecule has 9 nitrogen and oxygen atoms in total. The van der Waals surface area contributed by atoms with Crippen LogP contribution in [-0.2, 0) is 14.3 Å². The summed E-state index contributed by atoms with van der Waals surface area (Å²) in [6.45, 7) is 3.80. The Morgan fingerprint density at radius 3 is 1.16 bits per heavy atom. The van der Waals surface area contributed by atoms with Gasteiger partial charge in [0.2, 0.25) is 5.91 Å². The summed E-state index contributed by atoms with van der Waals surface area (Å²) in [5, 5.41) is 54.6. The molecule has 7 unspecified atom stereocenters. The highest BCUT2D eigenvalue weighted by atomic mass is 16.7. The molecule has 1 fully saturated rings. The number of hydrogen-bond donors (Lipinski definition) is 6. The monoisotopic (exact) mass is 1060 g/mol. The zero-order valence-corrected chi connectivity index (χ0v) is 49.1. The van der Waals surface area contributed by atoms with Crippen LogP contribution in [0.2, 0.25) is 0 Å². The van der Waals surface area contributed by atoms with Gasteiger partial charge in [0.1, 0.15) is 24.4 Å². The summed E-state index contributed by atoms with van der Waals surface area (Å²) in [5.74, 6) is -0.173. The van der Waals surface area contributed by atoms with E-state index in [-0.39, 0.29) is 12.5 Å². The molecule has 1 amide bonds. The van der Waals surface area contributed by atoms with Crippen LogP contribution in [0.5, 0.6) is 0 Å². The summed E-state index contributed by atoms with van der Waals surface area (Å²) < 4.78 is 11.3. The Bertz CT molecular complexity index is 1320. The van der Waals surface area contributed by atoms with Crippen molar-refractivity contribution in [3.8, 4) is 0 Å². The second kappa shape index (κ2) is 55.5. The van der Waals surface area contributed by atoms with E-state index < -0.39 is 49.5 Å². The van der Waals surface area contributed by atoms with Gasteiger partial charge in [-0.2, -0.15) is 0 Å². The van der Waals surface area contributed by atoms with Crippen LogP contribution in [0.15, 0.2) is 48.6 Å². The SMILES string of the molecule is CCCCCCC/C=C\C/C=C\C/C=C\CCCCCCCCCCCCCCCCCCCCC(=O)NC(COC1OC(CO)C(O)C(O)C1O)C(O)/C=C/CCCCCCCCCCCCCCCCCCC. The Kier molecular flexibility index (Phi) is 52.6. The van der Waals surface area contributed by atoms with Gasteiger partial charge in [0, 0.05) is 6.42 Å². The van der Waals surface area contributed by atoms with Crippen LogP contribution in [-0.4, -0.2) is 87.5 Å². The van der Waals surface area contributed by atoms with Gasteiger partial charge in [0.15, 0.2) is 6.29 Å². The molecule has 75 heavy (non-hydrogen) atoms. The van der Waals surface area contributed by atoms with Gasteiger partial charge >= 0.3 is 0 Å². The molecule has 9 heteroatoms. The molecule has 0 radical (unpaired) electrons. The topological polar surface area (TPSA) is 149 Å². The molecule has 0 aromatic rings. The predicted molar refractivity (Wildman–Crippen MR) is 318 cm³/mol. The molecular formula is C66H123NO8. The molecule has 0 saturated carbocycles. The average Bonchev–Trinajstić information content (AvgIpc) is 3.41. The van der Waals surface area contributed by atoms with Crippen molar-refractivity contribution in [3.05, 3.63) is 48.6 Å². The highest BCUT2D eigenvalue weighted by Gasteiger charge is 2.44. The fourth-order valence-corrected chi connectivity index (χ4v) is 10.3. The van der Waals surface area contributed by atoms with E-state index in [9.17, 15) is 30.3 Å². The van der Waals surface area contributed by atoms with E-state index in [1.165, 1.54) is 238 Å². The fraction of sp³-hybridized carbons (Fsp3) is 0.864. The van der Waals surface area contributed by atoms with Crippen molar-refractivity contribution in [1.82, 2.24) is 5.32 Å². The van der Waals surface area contributed by atoms with Gasteiger partial charge < -0.3 is 40.3 Å². The number of rotatable bonds is 56. The molecule has 0 aromatic carbocycles. The lowest BCUT2D eigenvalue weighted by atomic mass is 9.99. The lowest BCUT2D eigenvalue weighted by molar-refractivity contribution is -0.302. The molecule has 1 aliphatic heterocycles. The van der Waals surface area contributed by atoms with E-state index in [2.05, 4.69) is 55.6 Å². The van der Waals surface area contributed by atoms with E-state index in [4.69, 9.17) is 9.47 Å². The maximum Gasteiger partial charge on any atom is 0.220 e. The lowest BCUT2D eigenvalue weighted by Crippen LogP contribution is -2.60. The number of allylic oxidation sites excluding steroid dienone is 7. The van der Waals surface area contributed by atoms with Gasteiger partial charge in [-0.15, -0.1) is 0 Å². The van der Waals surface area contributed by atoms with E-state index in [0.717, 1.165) is 51.4 Å². The standard InChI is InChI=1S/C66H123NO8/c1-3-5-7-9-11-13-15-17-19-21-23-24-25-26-27-28-29-30-31-32-33-34-35-36-38-40-42-44-46-48-50-52-54-56-62(70)67-59(58-74-66-65(73)64(72)63(71)61(57-68)75-66)60(69)55-53-51-49-47-45-43-41-39-37-22-20-18-16-14-12-10-8-6-4-2/h15,17,21,23,25-26,53,55,59-61,63-66,68-69,71-73H,3-14,16,18-20,22,24,27-52,54,56-58H2,1-2H3,(H,67,70)/b17-15-,23-21-,26-25-,55-53+. The lowest BCUT2D eigenvalue weighted by Gasteiger charge is -2.40. The van der Waals surface area contributed by atoms with E-state index in [1.54, 1.807) is 6.08 Å². The number of unbranched alkanes of at least 4 members (excludes halogenated alkanes) is 40. The summed E-state index contributed by atoms with van der Waals surface area (Å²) in [7, 11) is 0. The van der Waals surface area contributed by atoms with Gasteiger partial charge in [0.05, 0.1) is 25.4 Å². The van der Waals surface area contributed by atoms with Crippen LogP contribution in [0.4, 0.5) is 0 Å². The summed E-state index contributed by atoms with van der Waals surface area (Å²) in [4.78, 5) is 13.1. The quantitative estimate of drug-likeness (QED) is 0.0261. The molecule has 7 atom stereocenters. The second-order valence-corrected chi connectivity index (χ2v) is 22.6. The molecular weight excluding hydrogens is 935 g/mol. The van der Waals surface area contributed by atoms with Crippen molar-refractivity contribution >= 4 is 5.91 Å². The first-order valence-corrected chi connectivity index (χ1v) is 32.4. The number of amides is 1. The third-order valence-electron chi connectivity index (χ3n) is 15.4. The number of carbonyl (C=O) groups excluding carboxylic acids is 1. The Balaban J connectivity index is 2.13. The van der Waals surface area contributed by atoms with E-state index in [0.29, 0.717) is 6.42 Å². The Morgan fingerprint density at radius 2 is 0.787 bits per heavy atom. The van der Waals surface area contributed by atoms with Crippen LogP contribution in [0, 0.1) is 0 Å². The van der Waals surface area contributed by atoms with Crippen molar-refractivity contribution in [3.63, 3.8) is 0 Å². The van der Waals surface area contributed by atoms with Gasteiger partial charge in [-0.1, -0.05) is 294 Å². The third kappa shape index (κ3) is 44.7.